The minimum Gasteiger partial charge on any atom is -0.420 e. The molecule has 0 bridgehead atoms. The quantitative estimate of drug-likeness (QED) is 0.424. The van der Waals surface area contributed by atoms with Crippen LogP contribution in [0.2, 0.25) is 0 Å². The predicted molar refractivity (Wildman–Crippen MR) is 120 cm³/mol. The van der Waals surface area contributed by atoms with Crippen LogP contribution in [0.25, 0.3) is 33.6 Å². The zero-order valence-corrected chi connectivity index (χ0v) is 17.9. The Morgan fingerprint density at radius 1 is 1.13 bits per heavy atom. The van der Waals surface area contributed by atoms with Crippen LogP contribution in [-0.4, -0.2) is 26.7 Å². The van der Waals surface area contributed by atoms with Gasteiger partial charge in [-0.1, -0.05) is 27.4 Å². The molecule has 4 rings (SSSR count). The third kappa shape index (κ3) is 3.73. The molecule has 0 aliphatic carbocycles. The van der Waals surface area contributed by atoms with Gasteiger partial charge in [-0.2, -0.15) is 0 Å². The van der Waals surface area contributed by atoms with E-state index in [-0.39, 0.29) is 5.92 Å². The van der Waals surface area contributed by atoms with Crippen LogP contribution in [0, 0.1) is 6.92 Å². The normalized spacial score (nSPS) is 12.4. The first-order valence-electron chi connectivity index (χ1n) is 10.2. The number of pyridine rings is 1. The highest BCUT2D eigenvalue weighted by Gasteiger charge is 2.19. The monoisotopic (exact) mass is 401 g/mol. The minimum atomic E-state index is 0.105. The zero-order chi connectivity index (χ0) is 21.3. The number of nitrogens with zero attached hydrogens (tertiary/aromatic N) is 3. The number of nitrogens with one attached hydrogen (secondary N) is 2. The van der Waals surface area contributed by atoms with Crippen LogP contribution in [0.4, 0.5) is 0 Å². The van der Waals surface area contributed by atoms with Gasteiger partial charge in [0.25, 0.3) is 0 Å². The summed E-state index contributed by atoms with van der Waals surface area (Å²) in [5.41, 5.74) is 6.57. The van der Waals surface area contributed by atoms with Crippen LogP contribution < -0.4 is 5.32 Å². The second-order valence-corrected chi connectivity index (χ2v) is 7.97. The summed E-state index contributed by atoms with van der Waals surface area (Å²) >= 11 is 0. The van der Waals surface area contributed by atoms with Gasteiger partial charge in [-0.3, -0.25) is 4.98 Å². The lowest BCUT2D eigenvalue weighted by Gasteiger charge is -2.09. The van der Waals surface area contributed by atoms with Crippen molar-refractivity contribution in [1.82, 2.24) is 25.5 Å². The Labute approximate surface area is 176 Å². The van der Waals surface area contributed by atoms with Crippen molar-refractivity contribution in [1.29, 1.82) is 0 Å². The molecule has 3 aromatic heterocycles. The van der Waals surface area contributed by atoms with Gasteiger partial charge in [0.15, 0.2) is 0 Å². The summed E-state index contributed by atoms with van der Waals surface area (Å²) in [6.07, 6.45) is 3.52. The SMILES string of the molecule is C=CNCC(C)c1nnc(-c2ccc3[nH]c(-c4ccnc(C)c4)c(C(C)C)c3c2)o1. The fraction of sp³-hybridized carbons (Fsp3) is 0.292. The third-order valence-corrected chi connectivity index (χ3v) is 5.28. The van der Waals surface area contributed by atoms with E-state index in [0.29, 0.717) is 24.2 Å². The highest BCUT2D eigenvalue weighted by molar-refractivity contribution is 5.93. The summed E-state index contributed by atoms with van der Waals surface area (Å²) in [4.78, 5) is 7.93. The molecule has 3 heterocycles. The molecule has 6 heteroatoms. The summed E-state index contributed by atoms with van der Waals surface area (Å²) in [7, 11) is 0. The van der Waals surface area contributed by atoms with Crippen LogP contribution >= 0.6 is 0 Å². The number of fused-ring (bicyclic) bond motifs is 1. The van der Waals surface area contributed by atoms with Gasteiger partial charge in [0.05, 0.1) is 11.6 Å². The van der Waals surface area contributed by atoms with Gasteiger partial charge in [-0.15, -0.1) is 10.2 Å². The van der Waals surface area contributed by atoms with Crippen LogP contribution in [0.1, 0.15) is 49.8 Å². The Balaban J connectivity index is 1.77. The van der Waals surface area contributed by atoms with Crippen LogP contribution in [0.3, 0.4) is 0 Å². The molecule has 4 aromatic rings. The van der Waals surface area contributed by atoms with Crippen molar-refractivity contribution in [2.45, 2.75) is 39.5 Å². The molecule has 30 heavy (non-hydrogen) atoms. The standard InChI is InChI=1S/C24H27N5O/c1-6-25-13-15(4)23-28-29-24(30-23)18-7-8-20-19(12-18)21(14(2)3)22(27-20)17-9-10-26-16(5)11-17/h6-12,14-15,25,27H,1,13H2,2-5H3. The summed E-state index contributed by atoms with van der Waals surface area (Å²) in [6.45, 7) is 12.9. The molecule has 0 aliphatic heterocycles. The third-order valence-electron chi connectivity index (χ3n) is 5.28. The molecule has 0 aliphatic rings. The van der Waals surface area contributed by atoms with E-state index in [9.17, 15) is 0 Å². The summed E-state index contributed by atoms with van der Waals surface area (Å²) < 4.78 is 5.97. The number of aromatic amines is 1. The molecule has 6 nitrogen and oxygen atoms in total. The van der Waals surface area contributed by atoms with E-state index in [1.807, 2.05) is 32.2 Å². The number of hydrogen-bond donors (Lipinski definition) is 2. The van der Waals surface area contributed by atoms with Gasteiger partial charge in [0, 0.05) is 40.5 Å². The zero-order valence-electron chi connectivity index (χ0n) is 17.9. The summed E-state index contributed by atoms with van der Waals surface area (Å²) in [5, 5.41) is 12.8. The second-order valence-electron chi connectivity index (χ2n) is 7.97. The van der Waals surface area contributed by atoms with Gasteiger partial charge >= 0.3 is 0 Å². The molecule has 0 radical (unpaired) electrons. The molecule has 2 N–H and O–H groups in total. The summed E-state index contributed by atoms with van der Waals surface area (Å²) in [6, 6.07) is 10.4. The first-order valence-corrected chi connectivity index (χ1v) is 10.2. The van der Waals surface area contributed by atoms with Gasteiger partial charge in [-0.25, -0.2) is 0 Å². The lowest BCUT2D eigenvalue weighted by Crippen LogP contribution is -2.13. The van der Waals surface area contributed by atoms with Gasteiger partial charge in [0.1, 0.15) is 0 Å². The van der Waals surface area contributed by atoms with Crippen LogP contribution in [0.5, 0.6) is 0 Å². The van der Waals surface area contributed by atoms with Gasteiger partial charge in [0.2, 0.25) is 11.8 Å². The van der Waals surface area contributed by atoms with Crippen molar-refractivity contribution in [3.05, 3.63) is 66.5 Å². The van der Waals surface area contributed by atoms with E-state index in [2.05, 4.69) is 64.1 Å². The Morgan fingerprint density at radius 3 is 2.70 bits per heavy atom. The number of benzene rings is 1. The fourth-order valence-electron chi connectivity index (χ4n) is 3.77. The predicted octanol–water partition coefficient (Wildman–Crippen LogP) is 5.55. The second kappa shape index (κ2) is 8.14. The molecule has 0 spiro atoms. The smallest absolute Gasteiger partial charge is 0.247 e. The lowest BCUT2D eigenvalue weighted by atomic mass is 9.95. The number of aromatic nitrogens is 4. The maximum atomic E-state index is 5.97. The molecule has 154 valence electrons. The molecule has 0 saturated heterocycles. The number of rotatable bonds is 7. The lowest BCUT2D eigenvalue weighted by molar-refractivity contribution is 0.462. The topological polar surface area (TPSA) is 79.6 Å². The highest BCUT2D eigenvalue weighted by atomic mass is 16.4. The Kier molecular flexibility index (Phi) is 5.40. The van der Waals surface area contributed by atoms with Crippen LogP contribution in [0.15, 0.2) is 53.7 Å². The van der Waals surface area contributed by atoms with Crippen LogP contribution in [-0.2, 0) is 0 Å². The number of H-pyrrole nitrogens is 1. The van der Waals surface area contributed by atoms with E-state index in [1.165, 1.54) is 10.9 Å². The van der Waals surface area contributed by atoms with E-state index in [1.54, 1.807) is 6.20 Å². The maximum absolute atomic E-state index is 5.97. The van der Waals surface area contributed by atoms with Gasteiger partial charge < -0.3 is 14.7 Å². The number of aryl methyl sites for hydroxylation is 1. The largest absolute Gasteiger partial charge is 0.420 e. The highest BCUT2D eigenvalue weighted by Crippen LogP contribution is 2.37. The molecule has 0 saturated carbocycles. The van der Waals surface area contributed by atoms with E-state index >= 15 is 0 Å². The molecule has 0 fully saturated rings. The molecular formula is C24H27N5O. The van der Waals surface area contributed by atoms with Gasteiger partial charge in [-0.05, 0) is 54.9 Å². The minimum absolute atomic E-state index is 0.105. The average molecular weight is 402 g/mol. The van der Waals surface area contributed by atoms with E-state index < -0.39 is 0 Å². The van der Waals surface area contributed by atoms with Crippen molar-refractivity contribution >= 4 is 10.9 Å². The van der Waals surface area contributed by atoms with Crippen molar-refractivity contribution in [3.8, 4) is 22.7 Å². The molecule has 0 amide bonds. The maximum Gasteiger partial charge on any atom is 0.247 e. The molecular weight excluding hydrogens is 374 g/mol. The summed E-state index contributed by atoms with van der Waals surface area (Å²) in [5.74, 6) is 1.61. The molecule has 1 unspecified atom stereocenters. The van der Waals surface area contributed by atoms with E-state index in [0.717, 1.165) is 28.0 Å². The Morgan fingerprint density at radius 2 is 1.97 bits per heavy atom. The first kappa shape index (κ1) is 19.9. The van der Waals surface area contributed by atoms with Crippen molar-refractivity contribution < 1.29 is 4.42 Å². The number of hydrogen-bond acceptors (Lipinski definition) is 5. The first-order chi connectivity index (χ1) is 14.5. The fourth-order valence-corrected chi connectivity index (χ4v) is 3.77. The Hall–Kier alpha value is -3.41. The van der Waals surface area contributed by atoms with Crippen molar-refractivity contribution in [2.24, 2.45) is 0 Å². The van der Waals surface area contributed by atoms with Crippen molar-refractivity contribution in [3.63, 3.8) is 0 Å². The Bertz CT molecular complexity index is 1190. The molecule has 1 atom stereocenters. The molecule has 1 aromatic carbocycles. The average Bonchev–Trinajstić information content (AvgIpc) is 3.36. The van der Waals surface area contributed by atoms with E-state index in [4.69, 9.17) is 4.42 Å². The van der Waals surface area contributed by atoms with Crippen molar-refractivity contribution in [2.75, 3.05) is 6.54 Å².